The van der Waals surface area contributed by atoms with Crippen molar-refractivity contribution in [3.63, 3.8) is 0 Å². The number of carbonyl (C=O) groups is 4. The van der Waals surface area contributed by atoms with E-state index < -0.39 is 70.8 Å². The third-order valence-electron chi connectivity index (χ3n) is 7.26. The minimum Gasteiger partial charge on any atom is -0.504 e. The molecular weight excluding hydrogens is 552 g/mol. The van der Waals surface area contributed by atoms with Gasteiger partial charge in [-0.1, -0.05) is 12.1 Å². The highest BCUT2D eigenvalue weighted by Gasteiger charge is 2.43. The number of Topliss-reactive ketones (excluding diaryl/α,β-unsaturated/α-hetero) is 2. The molecule has 3 aliphatic rings. The first-order chi connectivity index (χ1) is 20.2. The molecule has 0 aromatic heterocycles. The minimum atomic E-state index is -1.19. The number of allylic oxidation sites excluding steroid dienone is 2. The number of fused-ring (bicyclic) bond motifs is 2. The molecule has 0 bridgehead atoms. The number of methoxy groups -OCH3 is 2. The van der Waals surface area contributed by atoms with Crippen LogP contribution in [0, 0.1) is 0 Å². The van der Waals surface area contributed by atoms with E-state index in [1.807, 2.05) is 0 Å². The number of esters is 2. The SMILES string of the molecule is COC(=O)C[C@H](C1=C(O)C(=O)C([C@@H](CC(=O)OC)c2ccc3c(c2)OCCO3)=C(O)C1=O)c1ccc2c(c1)OCCO2. The highest BCUT2D eigenvalue weighted by Crippen LogP contribution is 2.44. The zero-order valence-electron chi connectivity index (χ0n) is 22.8. The topological polar surface area (TPSA) is 164 Å². The van der Waals surface area contributed by atoms with E-state index in [0.29, 0.717) is 47.3 Å². The maximum atomic E-state index is 13.7. The second kappa shape index (κ2) is 11.9. The van der Waals surface area contributed by atoms with Crippen molar-refractivity contribution in [2.24, 2.45) is 0 Å². The molecule has 2 heterocycles. The van der Waals surface area contributed by atoms with Crippen LogP contribution in [0.2, 0.25) is 0 Å². The Balaban J connectivity index is 1.58. The van der Waals surface area contributed by atoms with Crippen LogP contribution in [0.3, 0.4) is 0 Å². The number of rotatable bonds is 8. The van der Waals surface area contributed by atoms with Crippen LogP contribution in [0.1, 0.15) is 35.8 Å². The lowest BCUT2D eigenvalue weighted by atomic mass is 9.75. The molecule has 0 fully saturated rings. The van der Waals surface area contributed by atoms with Gasteiger partial charge in [0.2, 0.25) is 11.6 Å². The number of aliphatic hydroxyl groups excluding tert-OH is 2. The van der Waals surface area contributed by atoms with Crippen LogP contribution in [0.4, 0.5) is 0 Å². The average molecular weight is 581 g/mol. The summed E-state index contributed by atoms with van der Waals surface area (Å²) in [7, 11) is 2.32. The highest BCUT2D eigenvalue weighted by molar-refractivity contribution is 6.24. The normalized spacial score (nSPS) is 17.5. The van der Waals surface area contributed by atoms with Gasteiger partial charge >= 0.3 is 11.9 Å². The first kappa shape index (κ1) is 28.5. The summed E-state index contributed by atoms with van der Waals surface area (Å²) in [6, 6.07) is 9.35. The Morgan fingerprint density at radius 3 is 1.38 bits per heavy atom. The van der Waals surface area contributed by atoms with Crippen molar-refractivity contribution in [1.29, 1.82) is 0 Å². The first-order valence-corrected chi connectivity index (χ1v) is 13.1. The van der Waals surface area contributed by atoms with Crippen molar-refractivity contribution >= 4 is 23.5 Å². The summed E-state index contributed by atoms with van der Waals surface area (Å²) in [6.45, 7) is 1.23. The van der Waals surface area contributed by atoms with Gasteiger partial charge in [-0.2, -0.15) is 0 Å². The fourth-order valence-corrected chi connectivity index (χ4v) is 5.19. The van der Waals surface area contributed by atoms with Gasteiger partial charge in [-0.3, -0.25) is 19.2 Å². The molecule has 12 heteroatoms. The molecule has 5 rings (SSSR count). The molecule has 0 spiro atoms. The van der Waals surface area contributed by atoms with Crippen LogP contribution >= 0.6 is 0 Å². The summed E-state index contributed by atoms with van der Waals surface area (Å²) in [5.41, 5.74) is -0.326. The van der Waals surface area contributed by atoms with Crippen molar-refractivity contribution in [3.8, 4) is 23.0 Å². The predicted molar refractivity (Wildman–Crippen MR) is 143 cm³/mol. The van der Waals surface area contributed by atoms with Gasteiger partial charge in [-0.15, -0.1) is 0 Å². The minimum absolute atomic E-state index is 0.276. The van der Waals surface area contributed by atoms with Gasteiger partial charge < -0.3 is 38.6 Å². The van der Waals surface area contributed by atoms with E-state index in [1.54, 1.807) is 24.3 Å². The third kappa shape index (κ3) is 5.35. The van der Waals surface area contributed by atoms with Crippen molar-refractivity contribution in [2.45, 2.75) is 24.7 Å². The van der Waals surface area contributed by atoms with E-state index in [0.717, 1.165) is 14.2 Å². The van der Waals surface area contributed by atoms with Crippen LogP contribution in [0.25, 0.3) is 0 Å². The van der Waals surface area contributed by atoms with E-state index in [-0.39, 0.29) is 13.2 Å². The Labute approximate surface area is 240 Å². The second-order valence-corrected chi connectivity index (χ2v) is 9.65. The lowest BCUT2D eigenvalue weighted by Gasteiger charge is -2.28. The molecule has 220 valence electrons. The van der Waals surface area contributed by atoms with E-state index in [9.17, 15) is 29.4 Å². The van der Waals surface area contributed by atoms with Gasteiger partial charge in [0.25, 0.3) is 0 Å². The first-order valence-electron chi connectivity index (χ1n) is 13.1. The second-order valence-electron chi connectivity index (χ2n) is 9.65. The summed E-state index contributed by atoms with van der Waals surface area (Å²) < 4.78 is 31.9. The van der Waals surface area contributed by atoms with Gasteiger partial charge in [-0.25, -0.2) is 0 Å². The number of benzene rings is 2. The Bertz CT molecular complexity index is 1400. The van der Waals surface area contributed by atoms with Gasteiger partial charge in [0.15, 0.2) is 34.5 Å². The number of hydrogen-bond donors (Lipinski definition) is 2. The van der Waals surface area contributed by atoms with E-state index in [2.05, 4.69) is 0 Å². The number of aliphatic hydroxyl groups is 2. The van der Waals surface area contributed by atoms with E-state index in [4.69, 9.17) is 28.4 Å². The van der Waals surface area contributed by atoms with Crippen molar-refractivity contribution in [2.75, 3.05) is 40.6 Å². The van der Waals surface area contributed by atoms with E-state index >= 15 is 0 Å². The van der Waals surface area contributed by atoms with Gasteiger partial charge in [-0.05, 0) is 35.4 Å². The van der Waals surface area contributed by atoms with Gasteiger partial charge in [0.05, 0.1) is 38.2 Å². The van der Waals surface area contributed by atoms with E-state index in [1.165, 1.54) is 12.1 Å². The van der Waals surface area contributed by atoms with Gasteiger partial charge in [0, 0.05) is 11.8 Å². The molecule has 0 amide bonds. The van der Waals surface area contributed by atoms with Gasteiger partial charge in [0.1, 0.15) is 26.4 Å². The monoisotopic (exact) mass is 580 g/mol. The number of ketones is 2. The number of hydrogen-bond acceptors (Lipinski definition) is 12. The molecule has 0 saturated heterocycles. The van der Waals surface area contributed by atoms with Crippen LogP contribution in [0.5, 0.6) is 23.0 Å². The molecule has 2 aromatic rings. The van der Waals surface area contributed by atoms with Crippen molar-refractivity contribution in [1.82, 2.24) is 0 Å². The molecule has 0 radical (unpaired) electrons. The summed E-state index contributed by atoms with van der Waals surface area (Å²) in [6.07, 6.45) is -0.879. The van der Waals surface area contributed by atoms with Crippen LogP contribution < -0.4 is 18.9 Å². The molecule has 1 aliphatic carbocycles. The quantitative estimate of drug-likeness (QED) is 0.347. The summed E-state index contributed by atoms with van der Waals surface area (Å²) in [4.78, 5) is 52.3. The summed E-state index contributed by atoms with van der Waals surface area (Å²) in [5.74, 6) is -6.37. The highest BCUT2D eigenvalue weighted by atomic mass is 16.6. The van der Waals surface area contributed by atoms with Crippen LogP contribution in [-0.2, 0) is 28.7 Å². The predicted octanol–water partition coefficient (Wildman–Crippen LogP) is 3.00. The zero-order chi connectivity index (χ0) is 30.0. The molecule has 2 aliphatic heterocycles. The Morgan fingerprint density at radius 2 is 1.02 bits per heavy atom. The third-order valence-corrected chi connectivity index (χ3v) is 7.26. The largest absolute Gasteiger partial charge is 0.504 e. The number of ether oxygens (including phenoxy) is 6. The molecule has 2 atom stereocenters. The molecule has 12 nitrogen and oxygen atoms in total. The van der Waals surface area contributed by atoms with Crippen LogP contribution in [0.15, 0.2) is 59.1 Å². The smallest absolute Gasteiger partial charge is 0.306 e. The van der Waals surface area contributed by atoms with Crippen molar-refractivity contribution < 1.29 is 57.8 Å². The fourth-order valence-electron chi connectivity index (χ4n) is 5.19. The molecule has 42 heavy (non-hydrogen) atoms. The lowest BCUT2D eigenvalue weighted by molar-refractivity contribution is -0.142. The maximum absolute atomic E-state index is 13.7. The summed E-state index contributed by atoms with van der Waals surface area (Å²) >= 11 is 0. The molecule has 0 unspecified atom stereocenters. The lowest BCUT2D eigenvalue weighted by Crippen LogP contribution is -2.31. The molecule has 0 saturated carbocycles. The number of carbonyl (C=O) groups excluding carboxylic acids is 4. The zero-order valence-corrected chi connectivity index (χ0v) is 22.8. The fraction of sp³-hybridized carbons (Fsp3) is 0.333. The molecule has 2 aromatic carbocycles. The Morgan fingerprint density at radius 1 is 0.667 bits per heavy atom. The Kier molecular flexibility index (Phi) is 8.05. The van der Waals surface area contributed by atoms with Crippen LogP contribution in [-0.4, -0.2) is 74.4 Å². The molecule has 2 N–H and O–H groups in total. The summed E-state index contributed by atoms with van der Waals surface area (Å²) in [5, 5.41) is 22.5. The Hall–Kier alpha value is -5.00. The van der Waals surface area contributed by atoms with Crippen molar-refractivity contribution in [3.05, 3.63) is 70.2 Å². The maximum Gasteiger partial charge on any atom is 0.306 e. The molecular formula is C30H28O12. The average Bonchev–Trinajstić information content (AvgIpc) is 3.02. The standard InChI is InChI=1S/C30H28O12/c1-37-23(31)13-17(15-3-5-19-21(11-15)41-9-7-39-19)25-27(33)29(35)26(30(36)28(25)34)18(14-24(32)38-2)16-4-6-20-22(12-16)42-10-8-40-20/h3-6,11-12,17-18,33,36H,7-10,13-14H2,1-2H3/t17-,18-/m0/s1.